The third-order valence-electron chi connectivity index (χ3n) is 3.19. The number of carbonyl (C=O) groups is 2. The molecule has 1 fully saturated rings. The van der Waals surface area contributed by atoms with Crippen LogP contribution in [0.25, 0.3) is 0 Å². The van der Waals surface area contributed by atoms with E-state index in [1.807, 2.05) is 13.8 Å². The van der Waals surface area contributed by atoms with Crippen LogP contribution in [0.1, 0.15) is 26.7 Å². The van der Waals surface area contributed by atoms with Crippen LogP contribution in [0.5, 0.6) is 0 Å². The van der Waals surface area contributed by atoms with E-state index >= 15 is 0 Å². The molecule has 1 N–H and O–H groups in total. The number of piperazine rings is 1. The maximum atomic E-state index is 11.9. The highest BCUT2D eigenvalue weighted by Crippen LogP contribution is 2.27. The first-order valence-electron chi connectivity index (χ1n) is 5.46. The van der Waals surface area contributed by atoms with Crippen molar-refractivity contribution in [2.75, 3.05) is 13.1 Å². The highest BCUT2D eigenvalue weighted by molar-refractivity contribution is 6.25. The average Bonchev–Trinajstić information content (AvgIpc) is 2.30. The molecule has 1 rings (SSSR count). The summed E-state index contributed by atoms with van der Waals surface area (Å²) in [4.78, 5) is 25.4. The van der Waals surface area contributed by atoms with Gasteiger partial charge in [-0.15, -0.1) is 0 Å². The second-order valence-electron chi connectivity index (χ2n) is 3.79. The number of nitrogens with one attached hydrogen (secondary N) is 1. The maximum Gasteiger partial charge on any atom is 0.246 e. The average molecular weight is 245 g/mol. The van der Waals surface area contributed by atoms with E-state index in [4.69, 9.17) is 11.6 Å². The van der Waals surface area contributed by atoms with Crippen LogP contribution in [0.15, 0.2) is 11.6 Å². The van der Waals surface area contributed by atoms with E-state index in [0.717, 1.165) is 0 Å². The summed E-state index contributed by atoms with van der Waals surface area (Å²) in [6, 6.07) is 0. The van der Waals surface area contributed by atoms with Crippen molar-refractivity contribution in [1.82, 2.24) is 10.2 Å². The largest absolute Gasteiger partial charge is 0.345 e. The summed E-state index contributed by atoms with van der Waals surface area (Å²) < 4.78 is 0. The van der Waals surface area contributed by atoms with Gasteiger partial charge in [0, 0.05) is 12.1 Å². The first-order chi connectivity index (χ1) is 7.62. The third kappa shape index (κ3) is 2.07. The molecule has 1 saturated heterocycles. The Hall–Kier alpha value is -1.03. The minimum absolute atomic E-state index is 0.0573. The van der Waals surface area contributed by atoms with E-state index in [9.17, 15) is 9.59 Å². The van der Waals surface area contributed by atoms with Crippen molar-refractivity contribution in [2.45, 2.75) is 32.2 Å². The highest BCUT2D eigenvalue weighted by Gasteiger charge is 2.45. The SMILES string of the molecule is CCC1(CC)C(=O)NCC(=O)N1C/C=C/Cl. The van der Waals surface area contributed by atoms with Crippen molar-refractivity contribution in [3.05, 3.63) is 11.6 Å². The van der Waals surface area contributed by atoms with Gasteiger partial charge < -0.3 is 10.2 Å². The van der Waals surface area contributed by atoms with Crippen molar-refractivity contribution in [3.8, 4) is 0 Å². The minimum Gasteiger partial charge on any atom is -0.345 e. The molecule has 0 aromatic heterocycles. The molecule has 1 aliphatic rings. The van der Waals surface area contributed by atoms with Gasteiger partial charge in [-0.2, -0.15) is 0 Å². The molecular weight excluding hydrogens is 228 g/mol. The molecule has 0 aromatic carbocycles. The molecule has 4 nitrogen and oxygen atoms in total. The molecule has 0 radical (unpaired) electrons. The fourth-order valence-corrected chi connectivity index (χ4v) is 2.23. The Morgan fingerprint density at radius 1 is 1.44 bits per heavy atom. The van der Waals surface area contributed by atoms with Gasteiger partial charge in [0.1, 0.15) is 5.54 Å². The van der Waals surface area contributed by atoms with E-state index in [0.29, 0.717) is 19.4 Å². The van der Waals surface area contributed by atoms with Crippen molar-refractivity contribution < 1.29 is 9.59 Å². The zero-order chi connectivity index (χ0) is 12.2. The second-order valence-corrected chi connectivity index (χ2v) is 4.04. The van der Waals surface area contributed by atoms with E-state index in [1.165, 1.54) is 5.54 Å². The fraction of sp³-hybridized carbons (Fsp3) is 0.636. The lowest BCUT2D eigenvalue weighted by molar-refractivity contribution is -0.153. The molecule has 0 spiro atoms. The molecule has 1 heterocycles. The fourth-order valence-electron chi connectivity index (χ4n) is 2.15. The van der Waals surface area contributed by atoms with E-state index in [-0.39, 0.29) is 18.4 Å². The summed E-state index contributed by atoms with van der Waals surface area (Å²) in [6.07, 6.45) is 2.90. The lowest BCUT2D eigenvalue weighted by Crippen LogP contribution is -2.66. The highest BCUT2D eigenvalue weighted by atomic mass is 35.5. The lowest BCUT2D eigenvalue weighted by Gasteiger charge is -2.44. The Kier molecular flexibility index (Phi) is 4.35. The van der Waals surface area contributed by atoms with Gasteiger partial charge in [0.2, 0.25) is 11.8 Å². The zero-order valence-corrected chi connectivity index (χ0v) is 10.4. The van der Waals surface area contributed by atoms with Crippen LogP contribution in [0.3, 0.4) is 0 Å². The number of nitrogens with zero attached hydrogens (tertiary/aromatic N) is 1. The molecule has 0 aliphatic carbocycles. The van der Waals surface area contributed by atoms with Gasteiger partial charge in [-0.1, -0.05) is 31.5 Å². The third-order valence-corrected chi connectivity index (χ3v) is 3.37. The van der Waals surface area contributed by atoms with Gasteiger partial charge >= 0.3 is 0 Å². The number of carbonyl (C=O) groups excluding carboxylic acids is 2. The normalized spacial score (nSPS) is 20.3. The van der Waals surface area contributed by atoms with Crippen LogP contribution in [0, 0.1) is 0 Å². The minimum atomic E-state index is -0.717. The van der Waals surface area contributed by atoms with Gasteiger partial charge in [0.05, 0.1) is 6.54 Å². The first kappa shape index (κ1) is 13.0. The van der Waals surface area contributed by atoms with Crippen LogP contribution >= 0.6 is 11.6 Å². The van der Waals surface area contributed by atoms with E-state index in [1.54, 1.807) is 11.0 Å². The topological polar surface area (TPSA) is 49.4 Å². The number of amides is 2. The molecule has 0 aromatic rings. The summed E-state index contributed by atoms with van der Waals surface area (Å²) >= 11 is 5.47. The Morgan fingerprint density at radius 3 is 2.56 bits per heavy atom. The van der Waals surface area contributed by atoms with Crippen molar-refractivity contribution in [3.63, 3.8) is 0 Å². The van der Waals surface area contributed by atoms with Crippen molar-refractivity contribution in [2.24, 2.45) is 0 Å². The van der Waals surface area contributed by atoms with Crippen LogP contribution < -0.4 is 5.32 Å². The number of hydrogen-bond acceptors (Lipinski definition) is 2. The monoisotopic (exact) mass is 244 g/mol. The number of hydrogen-bond donors (Lipinski definition) is 1. The van der Waals surface area contributed by atoms with Crippen molar-refractivity contribution >= 4 is 23.4 Å². The molecule has 16 heavy (non-hydrogen) atoms. The van der Waals surface area contributed by atoms with Crippen LogP contribution in [-0.4, -0.2) is 35.3 Å². The molecule has 0 atom stereocenters. The van der Waals surface area contributed by atoms with E-state index in [2.05, 4.69) is 5.32 Å². The molecule has 0 bridgehead atoms. The zero-order valence-electron chi connectivity index (χ0n) is 9.62. The Bertz CT molecular complexity index is 311. The first-order valence-corrected chi connectivity index (χ1v) is 5.90. The maximum absolute atomic E-state index is 11.9. The van der Waals surface area contributed by atoms with Crippen LogP contribution in [0.2, 0.25) is 0 Å². The number of halogens is 1. The van der Waals surface area contributed by atoms with Crippen LogP contribution in [-0.2, 0) is 9.59 Å². The molecule has 0 unspecified atom stereocenters. The Balaban J connectivity index is 3.02. The molecule has 1 aliphatic heterocycles. The predicted octanol–water partition coefficient (Wildman–Crippen LogP) is 1.26. The molecule has 2 amide bonds. The summed E-state index contributed by atoms with van der Waals surface area (Å²) in [7, 11) is 0. The second kappa shape index (κ2) is 5.34. The Labute approximate surface area is 101 Å². The summed E-state index contributed by atoms with van der Waals surface area (Å²) in [6.45, 7) is 4.30. The van der Waals surface area contributed by atoms with E-state index < -0.39 is 5.54 Å². The summed E-state index contributed by atoms with van der Waals surface area (Å²) in [5.41, 5.74) is 0.654. The molecule has 90 valence electrons. The van der Waals surface area contributed by atoms with Crippen LogP contribution in [0.4, 0.5) is 0 Å². The predicted molar refractivity (Wildman–Crippen MR) is 63.0 cm³/mol. The molecular formula is C11H17ClN2O2. The quantitative estimate of drug-likeness (QED) is 0.809. The molecule has 5 heteroatoms. The van der Waals surface area contributed by atoms with Gasteiger partial charge in [0.15, 0.2) is 0 Å². The van der Waals surface area contributed by atoms with Crippen molar-refractivity contribution in [1.29, 1.82) is 0 Å². The Morgan fingerprint density at radius 2 is 2.06 bits per heavy atom. The lowest BCUT2D eigenvalue weighted by atomic mass is 9.87. The summed E-state index contributed by atoms with van der Waals surface area (Å²) in [5.74, 6) is -0.127. The van der Waals surface area contributed by atoms with Gasteiger partial charge in [-0.05, 0) is 12.8 Å². The smallest absolute Gasteiger partial charge is 0.246 e. The van der Waals surface area contributed by atoms with Gasteiger partial charge in [-0.25, -0.2) is 0 Å². The molecule has 0 saturated carbocycles. The van der Waals surface area contributed by atoms with Gasteiger partial charge in [0.25, 0.3) is 0 Å². The summed E-state index contributed by atoms with van der Waals surface area (Å²) in [5, 5.41) is 2.64. The standard InChI is InChI=1S/C11H17ClN2O2/c1-3-11(4-2)10(16)13-8-9(15)14(11)7-5-6-12/h5-6H,3-4,7-8H2,1-2H3,(H,13,16)/b6-5+. The number of rotatable bonds is 4. The van der Waals surface area contributed by atoms with Gasteiger partial charge in [-0.3, -0.25) is 9.59 Å².